The van der Waals surface area contributed by atoms with E-state index in [-0.39, 0.29) is 0 Å². The summed E-state index contributed by atoms with van der Waals surface area (Å²) < 4.78 is 0. The quantitative estimate of drug-likeness (QED) is 0.711. The lowest BCUT2D eigenvalue weighted by Gasteiger charge is -2.45. The third-order valence-corrected chi connectivity index (χ3v) is 4.05. The van der Waals surface area contributed by atoms with E-state index in [2.05, 4.69) is 37.5 Å². The minimum atomic E-state index is 0.439. The summed E-state index contributed by atoms with van der Waals surface area (Å²) in [6.45, 7) is 14.7. The maximum absolute atomic E-state index is 2.76. The molecule has 2 fully saturated rings. The average Bonchev–Trinajstić information content (AvgIpc) is 2.60. The van der Waals surface area contributed by atoms with Crippen LogP contribution >= 0.6 is 0 Å². The Morgan fingerprint density at radius 3 is 2.56 bits per heavy atom. The Kier molecular flexibility index (Phi) is 3.60. The maximum atomic E-state index is 2.76. The van der Waals surface area contributed by atoms with Crippen LogP contribution in [-0.4, -0.2) is 48.1 Å². The van der Waals surface area contributed by atoms with Gasteiger partial charge in [0, 0.05) is 31.7 Å². The van der Waals surface area contributed by atoms with Crippen LogP contribution in [0.1, 0.15) is 47.0 Å². The SMILES string of the molecule is CCC1CN2CCCC2CN1CC(C)(C)C. The fourth-order valence-electron chi connectivity index (χ4n) is 3.34. The molecule has 0 amide bonds. The molecule has 2 aliphatic heterocycles. The van der Waals surface area contributed by atoms with Crippen LogP contribution in [0.2, 0.25) is 0 Å². The van der Waals surface area contributed by atoms with Crippen molar-refractivity contribution in [3.8, 4) is 0 Å². The van der Waals surface area contributed by atoms with E-state index in [1.165, 1.54) is 45.4 Å². The van der Waals surface area contributed by atoms with Gasteiger partial charge in [-0.05, 0) is 31.2 Å². The summed E-state index contributed by atoms with van der Waals surface area (Å²) in [7, 11) is 0. The van der Waals surface area contributed by atoms with E-state index in [1.54, 1.807) is 0 Å². The lowest BCUT2D eigenvalue weighted by atomic mass is 9.93. The highest BCUT2D eigenvalue weighted by atomic mass is 15.3. The molecule has 2 unspecified atom stereocenters. The molecule has 0 saturated carbocycles. The Bertz CT molecular complexity index is 231. The molecule has 0 radical (unpaired) electrons. The van der Waals surface area contributed by atoms with Crippen molar-refractivity contribution in [3.05, 3.63) is 0 Å². The van der Waals surface area contributed by atoms with Crippen molar-refractivity contribution < 1.29 is 0 Å². The zero-order valence-corrected chi connectivity index (χ0v) is 11.5. The average molecular weight is 224 g/mol. The molecule has 2 nitrogen and oxygen atoms in total. The highest BCUT2D eigenvalue weighted by molar-refractivity contribution is 4.92. The van der Waals surface area contributed by atoms with Gasteiger partial charge in [-0.15, -0.1) is 0 Å². The number of piperazine rings is 1. The van der Waals surface area contributed by atoms with Crippen molar-refractivity contribution in [3.63, 3.8) is 0 Å². The molecule has 2 rings (SSSR count). The molecular weight excluding hydrogens is 196 g/mol. The van der Waals surface area contributed by atoms with Gasteiger partial charge >= 0.3 is 0 Å². The molecule has 2 heterocycles. The number of fused-ring (bicyclic) bond motifs is 1. The van der Waals surface area contributed by atoms with Crippen molar-refractivity contribution in [1.82, 2.24) is 9.80 Å². The molecule has 2 aliphatic rings. The molecule has 0 bridgehead atoms. The standard InChI is InChI=1S/C14H28N2/c1-5-12-9-15-8-6-7-13(15)10-16(12)11-14(2,3)4/h12-13H,5-11H2,1-4H3. The van der Waals surface area contributed by atoms with E-state index >= 15 is 0 Å². The molecule has 0 spiro atoms. The van der Waals surface area contributed by atoms with Crippen LogP contribution in [0.25, 0.3) is 0 Å². The minimum Gasteiger partial charge on any atom is -0.298 e. The monoisotopic (exact) mass is 224 g/mol. The first kappa shape index (κ1) is 12.4. The Morgan fingerprint density at radius 2 is 1.94 bits per heavy atom. The molecular formula is C14H28N2. The molecule has 2 saturated heterocycles. The van der Waals surface area contributed by atoms with Gasteiger partial charge in [0.15, 0.2) is 0 Å². The zero-order valence-electron chi connectivity index (χ0n) is 11.5. The van der Waals surface area contributed by atoms with Crippen LogP contribution in [0.3, 0.4) is 0 Å². The first-order chi connectivity index (χ1) is 7.49. The van der Waals surface area contributed by atoms with E-state index < -0.39 is 0 Å². The van der Waals surface area contributed by atoms with Gasteiger partial charge in [-0.3, -0.25) is 9.80 Å². The van der Waals surface area contributed by atoms with Gasteiger partial charge in [-0.1, -0.05) is 27.7 Å². The first-order valence-electron chi connectivity index (χ1n) is 6.97. The number of rotatable bonds is 2. The predicted octanol–water partition coefficient (Wildman–Crippen LogP) is 2.59. The van der Waals surface area contributed by atoms with Gasteiger partial charge in [0.05, 0.1) is 0 Å². The molecule has 0 N–H and O–H groups in total. The summed E-state index contributed by atoms with van der Waals surface area (Å²) >= 11 is 0. The summed E-state index contributed by atoms with van der Waals surface area (Å²) in [4.78, 5) is 5.49. The molecule has 0 aromatic carbocycles. The van der Waals surface area contributed by atoms with Gasteiger partial charge in [0.1, 0.15) is 0 Å². The second-order valence-corrected chi connectivity index (χ2v) is 6.84. The van der Waals surface area contributed by atoms with Crippen LogP contribution in [0.4, 0.5) is 0 Å². The minimum absolute atomic E-state index is 0.439. The lowest BCUT2D eigenvalue weighted by Crippen LogP contribution is -2.57. The third-order valence-electron chi connectivity index (χ3n) is 4.05. The van der Waals surface area contributed by atoms with Crippen molar-refractivity contribution >= 4 is 0 Å². The van der Waals surface area contributed by atoms with Crippen LogP contribution in [0.15, 0.2) is 0 Å². The normalized spacial score (nSPS) is 33.0. The highest BCUT2D eigenvalue weighted by Gasteiger charge is 2.36. The van der Waals surface area contributed by atoms with E-state index in [0.29, 0.717) is 5.41 Å². The summed E-state index contributed by atoms with van der Waals surface area (Å²) in [6, 6.07) is 1.67. The topological polar surface area (TPSA) is 6.48 Å². The van der Waals surface area contributed by atoms with E-state index in [1.807, 2.05) is 0 Å². The summed E-state index contributed by atoms with van der Waals surface area (Å²) in [6.07, 6.45) is 4.15. The Balaban J connectivity index is 1.99. The van der Waals surface area contributed by atoms with E-state index in [4.69, 9.17) is 0 Å². The molecule has 16 heavy (non-hydrogen) atoms. The van der Waals surface area contributed by atoms with Crippen molar-refractivity contribution in [1.29, 1.82) is 0 Å². The second-order valence-electron chi connectivity index (χ2n) is 6.84. The van der Waals surface area contributed by atoms with Crippen LogP contribution < -0.4 is 0 Å². The highest BCUT2D eigenvalue weighted by Crippen LogP contribution is 2.28. The van der Waals surface area contributed by atoms with Crippen molar-refractivity contribution in [2.45, 2.75) is 59.0 Å². The number of hydrogen-bond acceptors (Lipinski definition) is 2. The lowest BCUT2D eigenvalue weighted by molar-refractivity contribution is 0.0278. The van der Waals surface area contributed by atoms with Gasteiger partial charge in [0.2, 0.25) is 0 Å². The second kappa shape index (κ2) is 4.66. The molecule has 0 aromatic rings. The Labute approximate surface area is 101 Å². The van der Waals surface area contributed by atoms with E-state index in [9.17, 15) is 0 Å². The smallest absolute Gasteiger partial charge is 0.0224 e. The Morgan fingerprint density at radius 1 is 1.19 bits per heavy atom. The fraction of sp³-hybridized carbons (Fsp3) is 1.00. The summed E-state index contributed by atoms with van der Waals surface area (Å²) in [5, 5.41) is 0. The van der Waals surface area contributed by atoms with Crippen LogP contribution in [0.5, 0.6) is 0 Å². The van der Waals surface area contributed by atoms with Crippen LogP contribution in [-0.2, 0) is 0 Å². The first-order valence-corrected chi connectivity index (χ1v) is 6.97. The van der Waals surface area contributed by atoms with Crippen molar-refractivity contribution in [2.75, 3.05) is 26.2 Å². The fourth-order valence-corrected chi connectivity index (χ4v) is 3.34. The number of hydrogen-bond donors (Lipinski definition) is 0. The van der Waals surface area contributed by atoms with Gasteiger partial charge in [-0.2, -0.15) is 0 Å². The largest absolute Gasteiger partial charge is 0.298 e. The predicted molar refractivity (Wildman–Crippen MR) is 69.7 cm³/mol. The molecule has 94 valence electrons. The molecule has 0 aromatic heterocycles. The zero-order chi connectivity index (χ0) is 11.8. The summed E-state index contributed by atoms with van der Waals surface area (Å²) in [5.41, 5.74) is 0.439. The number of nitrogens with zero attached hydrogens (tertiary/aromatic N) is 2. The molecule has 2 heteroatoms. The summed E-state index contributed by atoms with van der Waals surface area (Å²) in [5.74, 6) is 0. The Hall–Kier alpha value is -0.0800. The molecule has 0 aliphatic carbocycles. The van der Waals surface area contributed by atoms with Gasteiger partial charge < -0.3 is 0 Å². The van der Waals surface area contributed by atoms with E-state index in [0.717, 1.165) is 12.1 Å². The molecule has 2 atom stereocenters. The van der Waals surface area contributed by atoms with Gasteiger partial charge in [0.25, 0.3) is 0 Å². The van der Waals surface area contributed by atoms with Gasteiger partial charge in [-0.25, -0.2) is 0 Å². The van der Waals surface area contributed by atoms with Crippen LogP contribution in [0, 0.1) is 5.41 Å². The maximum Gasteiger partial charge on any atom is 0.0224 e. The third kappa shape index (κ3) is 2.78. The van der Waals surface area contributed by atoms with Crippen molar-refractivity contribution in [2.24, 2.45) is 5.41 Å².